The van der Waals surface area contributed by atoms with E-state index in [-0.39, 0.29) is 17.7 Å². The van der Waals surface area contributed by atoms with Crippen LogP contribution in [0.4, 0.5) is 13.2 Å². The molecule has 0 amide bonds. The monoisotopic (exact) mass is 393 g/mol. The molecule has 23 heavy (non-hydrogen) atoms. The molecule has 0 atom stereocenters. The molecule has 0 aliphatic heterocycles. The highest BCUT2D eigenvalue weighted by Crippen LogP contribution is 2.33. The zero-order chi connectivity index (χ0) is 17.1. The molecule has 0 aromatic heterocycles. The first-order valence-corrected chi connectivity index (χ1v) is 8.55. The van der Waals surface area contributed by atoms with E-state index in [0.717, 1.165) is 31.4 Å². The highest BCUT2D eigenvalue weighted by atomic mass is 79.9. The van der Waals surface area contributed by atoms with Gasteiger partial charge in [-0.05, 0) is 49.9 Å². The second-order valence-electron chi connectivity index (χ2n) is 6.01. The molecule has 1 saturated carbocycles. The lowest BCUT2D eigenvalue weighted by molar-refractivity contribution is -0.137. The van der Waals surface area contributed by atoms with Crippen molar-refractivity contribution in [2.45, 2.75) is 44.4 Å². The summed E-state index contributed by atoms with van der Waals surface area (Å²) in [5.74, 6) is -0.744. The summed E-state index contributed by atoms with van der Waals surface area (Å²) in [6.07, 6.45) is -1.37. The topological polar surface area (TPSA) is 38.3 Å². The van der Waals surface area contributed by atoms with Crippen LogP contribution in [0, 0.1) is 0 Å². The van der Waals surface area contributed by atoms with Gasteiger partial charge in [0.15, 0.2) is 0 Å². The van der Waals surface area contributed by atoms with E-state index in [1.54, 1.807) is 0 Å². The van der Waals surface area contributed by atoms with E-state index in [9.17, 15) is 18.0 Å². The van der Waals surface area contributed by atoms with Crippen molar-refractivity contribution in [2.75, 3.05) is 11.9 Å². The average Bonchev–Trinajstić information content (AvgIpc) is 2.47. The van der Waals surface area contributed by atoms with Crippen LogP contribution in [0.3, 0.4) is 0 Å². The van der Waals surface area contributed by atoms with Crippen molar-refractivity contribution in [3.63, 3.8) is 0 Å². The van der Waals surface area contributed by atoms with Gasteiger partial charge in [-0.15, -0.1) is 0 Å². The number of carbonyl (C=O) groups is 1. The molecule has 0 spiro atoms. The molecule has 7 heteroatoms. The van der Waals surface area contributed by atoms with Gasteiger partial charge in [0, 0.05) is 17.4 Å². The lowest BCUT2D eigenvalue weighted by Gasteiger charge is -2.39. The Kier molecular flexibility index (Phi) is 5.73. The summed E-state index contributed by atoms with van der Waals surface area (Å²) in [6.45, 7) is 2.45. The zero-order valence-electron chi connectivity index (χ0n) is 12.8. The Labute approximate surface area is 141 Å². The summed E-state index contributed by atoms with van der Waals surface area (Å²) in [7, 11) is 0. The van der Waals surface area contributed by atoms with Gasteiger partial charge in [0.1, 0.15) is 6.61 Å². The maximum atomic E-state index is 13.0. The summed E-state index contributed by atoms with van der Waals surface area (Å²) < 4.78 is 44.0. The molecule has 0 saturated heterocycles. The second kappa shape index (κ2) is 7.21. The van der Waals surface area contributed by atoms with Gasteiger partial charge in [0.25, 0.3) is 0 Å². The van der Waals surface area contributed by atoms with Gasteiger partial charge in [-0.3, -0.25) is 0 Å². The van der Waals surface area contributed by atoms with Crippen LogP contribution in [0.25, 0.3) is 0 Å². The molecular weight excluding hydrogens is 375 g/mol. The van der Waals surface area contributed by atoms with E-state index in [1.165, 1.54) is 6.07 Å². The van der Waals surface area contributed by atoms with Crippen LogP contribution in [-0.2, 0) is 17.5 Å². The van der Waals surface area contributed by atoms with E-state index in [0.29, 0.717) is 17.4 Å². The third kappa shape index (κ3) is 4.94. The number of esters is 1. The average molecular weight is 394 g/mol. The van der Waals surface area contributed by atoms with Gasteiger partial charge in [-0.25, -0.2) is 4.79 Å². The molecule has 1 N–H and O–H groups in total. The minimum Gasteiger partial charge on any atom is -0.461 e. The normalized spacial score (nSPS) is 16.7. The van der Waals surface area contributed by atoms with Crippen LogP contribution >= 0.6 is 15.9 Å². The van der Waals surface area contributed by atoms with Gasteiger partial charge in [0.2, 0.25) is 0 Å². The van der Waals surface area contributed by atoms with E-state index >= 15 is 0 Å². The molecule has 2 rings (SSSR count). The largest absolute Gasteiger partial charge is 0.461 e. The molecule has 1 aromatic carbocycles. The summed E-state index contributed by atoms with van der Waals surface area (Å²) in [5.41, 5.74) is -0.498. The van der Waals surface area contributed by atoms with Crippen LogP contribution in [0.2, 0.25) is 0 Å². The van der Waals surface area contributed by atoms with Crippen molar-refractivity contribution in [1.82, 2.24) is 5.32 Å². The number of benzene rings is 1. The van der Waals surface area contributed by atoms with Crippen LogP contribution in [0.15, 0.2) is 18.2 Å². The second-order valence-corrected chi connectivity index (χ2v) is 6.80. The lowest BCUT2D eigenvalue weighted by Crippen LogP contribution is -2.47. The SMILES string of the molecule is CC1(NCc2cc(C(=O)OCCBr)cc(C(F)(F)F)c2)CCC1. The minimum atomic E-state index is -4.50. The number of carbonyl (C=O) groups excluding carboxylic acids is 1. The fraction of sp³-hybridized carbons (Fsp3) is 0.562. The van der Waals surface area contributed by atoms with Gasteiger partial charge < -0.3 is 10.1 Å². The Morgan fingerprint density at radius 2 is 2.04 bits per heavy atom. The van der Waals surface area contributed by atoms with Crippen LogP contribution < -0.4 is 5.32 Å². The number of ether oxygens (including phenoxy) is 1. The predicted octanol–water partition coefficient (Wildman–Crippen LogP) is 4.29. The Morgan fingerprint density at radius 3 is 2.57 bits per heavy atom. The quantitative estimate of drug-likeness (QED) is 0.578. The molecule has 0 heterocycles. The summed E-state index contributed by atoms with van der Waals surface area (Å²) in [4.78, 5) is 11.9. The van der Waals surface area contributed by atoms with Crippen LogP contribution in [-0.4, -0.2) is 23.4 Å². The third-order valence-corrected chi connectivity index (χ3v) is 4.37. The predicted molar refractivity (Wildman–Crippen MR) is 84.6 cm³/mol. The third-order valence-electron chi connectivity index (χ3n) is 4.04. The molecule has 0 unspecified atom stereocenters. The Balaban J connectivity index is 2.20. The van der Waals surface area contributed by atoms with Crippen molar-refractivity contribution in [1.29, 1.82) is 0 Å². The van der Waals surface area contributed by atoms with Crippen molar-refractivity contribution in [2.24, 2.45) is 0 Å². The first-order chi connectivity index (χ1) is 10.7. The van der Waals surface area contributed by atoms with Gasteiger partial charge >= 0.3 is 12.1 Å². The molecule has 1 aromatic rings. The molecule has 0 radical (unpaired) electrons. The Morgan fingerprint density at radius 1 is 1.35 bits per heavy atom. The standard InChI is InChI=1S/C16H19BrF3NO2/c1-15(3-2-4-15)21-10-11-7-12(14(22)23-6-5-17)9-13(8-11)16(18,19)20/h7-9,21H,2-6,10H2,1H3. The van der Waals surface area contributed by atoms with Crippen LogP contribution in [0.1, 0.15) is 47.7 Å². The van der Waals surface area contributed by atoms with Crippen molar-refractivity contribution in [3.05, 3.63) is 34.9 Å². The number of alkyl halides is 4. The highest BCUT2D eigenvalue weighted by molar-refractivity contribution is 9.09. The lowest BCUT2D eigenvalue weighted by atomic mass is 9.78. The number of hydrogen-bond donors (Lipinski definition) is 1. The van der Waals surface area contributed by atoms with E-state index in [4.69, 9.17) is 4.74 Å². The molecular formula is C16H19BrF3NO2. The van der Waals surface area contributed by atoms with E-state index in [2.05, 4.69) is 28.2 Å². The molecule has 1 aliphatic carbocycles. The van der Waals surface area contributed by atoms with Crippen LogP contribution in [0.5, 0.6) is 0 Å². The maximum Gasteiger partial charge on any atom is 0.416 e. The van der Waals surface area contributed by atoms with Gasteiger partial charge in [-0.2, -0.15) is 13.2 Å². The van der Waals surface area contributed by atoms with Crippen molar-refractivity contribution in [3.8, 4) is 0 Å². The fourth-order valence-corrected chi connectivity index (χ4v) is 2.65. The zero-order valence-corrected chi connectivity index (χ0v) is 14.4. The Hall–Kier alpha value is -1.08. The van der Waals surface area contributed by atoms with Gasteiger partial charge in [-0.1, -0.05) is 15.9 Å². The molecule has 1 aliphatic rings. The first kappa shape index (κ1) is 18.3. The first-order valence-electron chi connectivity index (χ1n) is 7.43. The number of nitrogens with one attached hydrogen (secondary N) is 1. The van der Waals surface area contributed by atoms with E-state index < -0.39 is 17.7 Å². The number of rotatable bonds is 6. The summed E-state index contributed by atoms with van der Waals surface area (Å²) >= 11 is 3.10. The highest BCUT2D eigenvalue weighted by Gasteiger charge is 2.33. The minimum absolute atomic E-state index is 0.0229. The number of halogens is 4. The summed E-state index contributed by atoms with van der Waals surface area (Å²) in [5, 5.41) is 3.71. The molecule has 3 nitrogen and oxygen atoms in total. The maximum absolute atomic E-state index is 13.0. The Bertz CT molecular complexity index is 571. The number of hydrogen-bond acceptors (Lipinski definition) is 3. The fourth-order valence-electron chi connectivity index (χ4n) is 2.49. The van der Waals surface area contributed by atoms with E-state index in [1.807, 2.05) is 0 Å². The van der Waals surface area contributed by atoms with Crippen molar-refractivity contribution < 1.29 is 22.7 Å². The summed E-state index contributed by atoms with van der Waals surface area (Å²) in [6, 6.07) is 3.38. The smallest absolute Gasteiger partial charge is 0.416 e. The molecule has 0 bridgehead atoms. The van der Waals surface area contributed by atoms with Crippen molar-refractivity contribution >= 4 is 21.9 Å². The molecule has 128 valence electrons. The van der Waals surface area contributed by atoms with Gasteiger partial charge in [0.05, 0.1) is 11.1 Å². The molecule has 1 fully saturated rings.